The molecule has 2 aliphatic rings. The summed E-state index contributed by atoms with van der Waals surface area (Å²) >= 11 is 0. The predicted octanol–water partition coefficient (Wildman–Crippen LogP) is 7.38. The fraction of sp³-hybridized carbons (Fsp3) is 0.395. The lowest BCUT2D eigenvalue weighted by molar-refractivity contribution is -0.169. The van der Waals surface area contributed by atoms with E-state index in [0.29, 0.717) is 19.6 Å². The summed E-state index contributed by atoms with van der Waals surface area (Å²) < 4.78 is 68.4. The van der Waals surface area contributed by atoms with E-state index in [4.69, 9.17) is 18.9 Å². The van der Waals surface area contributed by atoms with E-state index in [0.717, 1.165) is 32.1 Å². The van der Waals surface area contributed by atoms with Crippen LogP contribution in [0.1, 0.15) is 68.0 Å². The van der Waals surface area contributed by atoms with Gasteiger partial charge in [0.05, 0.1) is 42.9 Å². The van der Waals surface area contributed by atoms with Gasteiger partial charge in [-0.25, -0.2) is 17.6 Å². The minimum atomic E-state index is -4.55. The molecule has 55 heavy (non-hydrogen) atoms. The number of fused-ring (bicyclic) bond motifs is 1. The Morgan fingerprint density at radius 1 is 0.945 bits per heavy atom. The van der Waals surface area contributed by atoms with Crippen LogP contribution in [0.5, 0.6) is 0 Å². The number of nitrogens with zero attached hydrogens (tertiary/aromatic N) is 2. The summed E-state index contributed by atoms with van der Waals surface area (Å²) in [5.41, 5.74) is 3.47. The smallest absolute Gasteiger partial charge is 0.424 e. The lowest BCUT2D eigenvalue weighted by Gasteiger charge is -2.44. The van der Waals surface area contributed by atoms with Gasteiger partial charge in [0.1, 0.15) is 23.6 Å². The second-order valence-electron chi connectivity index (χ2n) is 15.1. The minimum absolute atomic E-state index is 0.111. The van der Waals surface area contributed by atoms with Crippen molar-refractivity contribution in [2.75, 3.05) is 19.8 Å². The van der Waals surface area contributed by atoms with Gasteiger partial charge in [-0.2, -0.15) is 4.31 Å². The van der Waals surface area contributed by atoms with Crippen molar-refractivity contribution in [3.05, 3.63) is 137 Å². The van der Waals surface area contributed by atoms with E-state index in [9.17, 15) is 22.4 Å². The molecule has 1 saturated heterocycles. The molecular formula is C43H49FN2O8S. The fourth-order valence-corrected chi connectivity index (χ4v) is 8.62. The largest absolute Gasteiger partial charge is 0.443 e. The Morgan fingerprint density at radius 3 is 2.31 bits per heavy atom. The zero-order chi connectivity index (χ0) is 39.3. The van der Waals surface area contributed by atoms with Gasteiger partial charge in [-0.3, -0.25) is 4.79 Å². The second kappa shape index (κ2) is 17.0. The lowest BCUT2D eigenvalue weighted by Crippen LogP contribution is -2.60. The number of amides is 2. The van der Waals surface area contributed by atoms with Crippen molar-refractivity contribution in [2.45, 2.75) is 95.0 Å². The Morgan fingerprint density at radius 2 is 1.62 bits per heavy atom. The van der Waals surface area contributed by atoms with Gasteiger partial charge < -0.3 is 23.8 Å². The molecule has 0 unspecified atom stereocenters. The molecule has 2 heterocycles. The fourth-order valence-electron chi connectivity index (χ4n) is 7.10. The number of carbonyl (C=O) groups excluding carboxylic acids is 2. The molecule has 12 heteroatoms. The monoisotopic (exact) mass is 772 g/mol. The van der Waals surface area contributed by atoms with Crippen LogP contribution >= 0.6 is 0 Å². The summed E-state index contributed by atoms with van der Waals surface area (Å²) in [5.74, 6) is -0.782. The first kappa shape index (κ1) is 40.1. The van der Waals surface area contributed by atoms with Crippen LogP contribution in [0.15, 0.2) is 108 Å². The lowest BCUT2D eigenvalue weighted by atomic mass is 9.87. The van der Waals surface area contributed by atoms with E-state index in [1.54, 1.807) is 56.9 Å². The highest BCUT2D eigenvalue weighted by atomic mass is 32.2. The van der Waals surface area contributed by atoms with Gasteiger partial charge in [-0.15, -0.1) is 0 Å². The van der Waals surface area contributed by atoms with Gasteiger partial charge in [0.15, 0.2) is 0 Å². The molecule has 6 rings (SSSR count). The van der Waals surface area contributed by atoms with E-state index >= 15 is 0 Å². The zero-order valence-corrected chi connectivity index (χ0v) is 32.7. The molecule has 2 amide bonds. The van der Waals surface area contributed by atoms with Crippen molar-refractivity contribution >= 4 is 22.0 Å². The molecule has 2 aliphatic heterocycles. The van der Waals surface area contributed by atoms with Crippen molar-refractivity contribution in [1.29, 1.82) is 0 Å². The van der Waals surface area contributed by atoms with Gasteiger partial charge in [0.25, 0.3) is 15.9 Å². The molecule has 10 nitrogen and oxygen atoms in total. The third kappa shape index (κ3) is 9.61. The summed E-state index contributed by atoms with van der Waals surface area (Å²) in [4.78, 5) is 30.5. The van der Waals surface area contributed by atoms with Crippen LogP contribution in [0.4, 0.5) is 9.18 Å². The average molecular weight is 773 g/mol. The molecule has 0 radical (unpaired) electrons. The third-order valence-corrected chi connectivity index (χ3v) is 11.5. The van der Waals surface area contributed by atoms with Gasteiger partial charge in [0, 0.05) is 13.0 Å². The zero-order valence-electron chi connectivity index (χ0n) is 31.9. The van der Waals surface area contributed by atoms with Crippen LogP contribution in [-0.4, -0.2) is 79.3 Å². The molecule has 0 bridgehead atoms. The average Bonchev–Trinajstić information content (AvgIpc) is 3.15. The van der Waals surface area contributed by atoms with Gasteiger partial charge in [-0.1, -0.05) is 84.4 Å². The molecule has 0 spiro atoms. The van der Waals surface area contributed by atoms with Crippen LogP contribution in [0, 0.1) is 12.7 Å². The first-order chi connectivity index (χ1) is 26.2. The first-order valence-corrected chi connectivity index (χ1v) is 20.0. The molecule has 0 saturated carbocycles. The molecule has 0 aromatic heterocycles. The second-order valence-corrected chi connectivity index (χ2v) is 17.0. The number of benzene rings is 4. The summed E-state index contributed by atoms with van der Waals surface area (Å²) in [5, 5.41) is 0. The Hall–Kier alpha value is -4.62. The standard InChI is InChI=1S/C43H49FN2O8S/c1-29-15-21-35(22-16-29)55(49,50)46(42(48)54-43(3,4)5)37-25-38(52-28-39(37)53-30(2)26-51-27-31-11-7-6-8-12-31)41(47)45-24-23-32-13-9-10-14-36(32)40(45)33-17-19-34(44)20-18-33/h6-22,30,37-40H,23-28H2,1-5H3/t30-,37-,38+,39-,40-/m0/s1. The maximum absolute atomic E-state index is 14.7. The van der Waals surface area contributed by atoms with Crippen molar-refractivity contribution < 1.29 is 41.3 Å². The maximum atomic E-state index is 14.7. The highest BCUT2D eigenvalue weighted by Gasteiger charge is 2.49. The number of rotatable bonds is 11. The molecule has 5 atom stereocenters. The molecular weight excluding hydrogens is 724 g/mol. The van der Waals surface area contributed by atoms with Crippen LogP contribution in [0.25, 0.3) is 0 Å². The van der Waals surface area contributed by atoms with Gasteiger partial charge in [0.2, 0.25) is 0 Å². The van der Waals surface area contributed by atoms with E-state index in [-0.39, 0.29) is 30.4 Å². The summed E-state index contributed by atoms with van der Waals surface area (Å²) in [7, 11) is -4.55. The number of hydrogen-bond donors (Lipinski definition) is 0. The number of aryl methyl sites for hydroxylation is 1. The van der Waals surface area contributed by atoms with E-state index in [1.165, 1.54) is 24.3 Å². The highest BCUT2D eigenvalue weighted by Crippen LogP contribution is 2.38. The predicted molar refractivity (Wildman–Crippen MR) is 205 cm³/mol. The molecule has 4 aromatic rings. The molecule has 0 N–H and O–H groups in total. The summed E-state index contributed by atoms with van der Waals surface area (Å²) in [6.07, 6.45) is -3.41. The number of sulfonamides is 1. The number of halogens is 1. The quantitative estimate of drug-likeness (QED) is 0.155. The summed E-state index contributed by atoms with van der Waals surface area (Å²) in [6.45, 7) is 9.25. The van der Waals surface area contributed by atoms with E-state index in [2.05, 4.69) is 0 Å². The minimum Gasteiger partial charge on any atom is -0.443 e. The Labute approximate surface area is 323 Å². The molecule has 4 aromatic carbocycles. The number of hydrogen-bond acceptors (Lipinski definition) is 8. The van der Waals surface area contributed by atoms with E-state index in [1.807, 2.05) is 61.5 Å². The van der Waals surface area contributed by atoms with Gasteiger partial charge in [-0.05, 0) is 87.6 Å². The van der Waals surface area contributed by atoms with Crippen LogP contribution in [0.3, 0.4) is 0 Å². The van der Waals surface area contributed by atoms with Crippen molar-refractivity contribution in [3.8, 4) is 0 Å². The number of carbonyl (C=O) groups is 2. The highest BCUT2D eigenvalue weighted by molar-refractivity contribution is 7.89. The van der Waals surface area contributed by atoms with Crippen molar-refractivity contribution in [1.82, 2.24) is 9.21 Å². The van der Waals surface area contributed by atoms with Crippen molar-refractivity contribution in [3.63, 3.8) is 0 Å². The number of ether oxygens (including phenoxy) is 4. The Balaban J connectivity index is 1.34. The topological polar surface area (TPSA) is 112 Å². The van der Waals surface area contributed by atoms with Crippen LogP contribution in [-0.2, 0) is 46.8 Å². The first-order valence-electron chi connectivity index (χ1n) is 18.6. The summed E-state index contributed by atoms with van der Waals surface area (Å²) in [6, 6.07) is 28.0. The third-order valence-electron chi connectivity index (χ3n) is 9.70. The Bertz CT molecular complexity index is 2040. The maximum Gasteiger partial charge on any atom is 0.424 e. The molecule has 292 valence electrons. The normalized spacial score (nSPS) is 20.7. The van der Waals surface area contributed by atoms with Crippen LogP contribution in [0.2, 0.25) is 0 Å². The Kier molecular flexibility index (Phi) is 12.4. The molecule has 1 fully saturated rings. The van der Waals surface area contributed by atoms with E-state index < -0.39 is 57.9 Å². The SMILES string of the molecule is Cc1ccc(S(=O)(=O)N(C(=O)OC(C)(C)C)[C@H]2C[C@H](C(=O)N3CCc4ccccc4[C@@H]3c3ccc(F)cc3)OC[C@@H]2O[C@@H](C)COCc2ccccc2)cc1. The van der Waals surface area contributed by atoms with Gasteiger partial charge >= 0.3 is 6.09 Å². The van der Waals surface area contributed by atoms with Crippen molar-refractivity contribution in [2.24, 2.45) is 0 Å². The molecule has 0 aliphatic carbocycles. The van der Waals surface area contributed by atoms with Crippen LogP contribution < -0.4 is 0 Å².